The van der Waals surface area contributed by atoms with Gasteiger partial charge in [-0.15, -0.1) is 11.3 Å². The summed E-state index contributed by atoms with van der Waals surface area (Å²) in [5, 5.41) is 0. The Kier molecular flexibility index (Phi) is 3.54. The zero-order valence-corrected chi connectivity index (χ0v) is 10.6. The Bertz CT molecular complexity index is 516. The molecule has 2 aromatic rings. The summed E-state index contributed by atoms with van der Waals surface area (Å²) in [6.45, 7) is 2.00. The molecule has 0 spiro atoms. The molecule has 0 aliphatic rings. The lowest BCUT2D eigenvalue weighted by Crippen LogP contribution is -2.01. The Morgan fingerprint density at radius 2 is 2.18 bits per heavy atom. The number of Topliss-reactive ketones (excluding diaryl/α,β-unsaturated/α-hetero) is 1. The number of pyridine rings is 1. The van der Waals surface area contributed by atoms with E-state index in [0.717, 1.165) is 15.3 Å². The lowest BCUT2D eigenvalue weighted by molar-refractivity contribution is 0.0996. The van der Waals surface area contributed by atoms with Gasteiger partial charge in [-0.25, -0.2) is 4.98 Å². The molecule has 0 aromatic carbocycles. The minimum absolute atomic E-state index is 0.134. The first kappa shape index (κ1) is 11.8. The van der Waals surface area contributed by atoms with Gasteiger partial charge in [0.1, 0.15) is 0 Å². The molecule has 0 bridgehead atoms. The quantitative estimate of drug-likeness (QED) is 0.780. The van der Waals surface area contributed by atoms with E-state index in [1.807, 2.05) is 25.1 Å². The van der Waals surface area contributed by atoms with E-state index in [-0.39, 0.29) is 5.78 Å². The highest BCUT2D eigenvalue weighted by molar-refractivity contribution is 7.14. The van der Waals surface area contributed by atoms with E-state index in [0.29, 0.717) is 12.3 Å². The first-order chi connectivity index (χ1) is 8.19. The number of aryl methyl sites for hydroxylation is 1. The highest BCUT2D eigenvalue weighted by Crippen LogP contribution is 2.17. The smallest absolute Gasteiger partial charge is 0.212 e. The number of methoxy groups -OCH3 is 1. The van der Waals surface area contributed by atoms with Crippen LogP contribution < -0.4 is 4.74 Å². The minimum atomic E-state index is 0.134. The molecule has 0 N–H and O–H groups in total. The molecule has 0 fully saturated rings. The van der Waals surface area contributed by atoms with Crippen molar-refractivity contribution in [3.63, 3.8) is 0 Å². The molecular formula is C13H13NO2S. The summed E-state index contributed by atoms with van der Waals surface area (Å²) in [4.78, 5) is 18.0. The van der Waals surface area contributed by atoms with Gasteiger partial charge >= 0.3 is 0 Å². The van der Waals surface area contributed by atoms with Crippen molar-refractivity contribution in [2.45, 2.75) is 13.3 Å². The average Bonchev–Trinajstić information content (AvgIpc) is 2.77. The summed E-state index contributed by atoms with van der Waals surface area (Å²) in [6, 6.07) is 7.47. The largest absolute Gasteiger partial charge is 0.481 e. The SMILES string of the molecule is COc1ccc(CC(=O)c2ccc(C)s2)cn1. The summed E-state index contributed by atoms with van der Waals surface area (Å²) < 4.78 is 4.97. The Labute approximate surface area is 104 Å². The Morgan fingerprint density at radius 3 is 2.71 bits per heavy atom. The van der Waals surface area contributed by atoms with Gasteiger partial charge in [-0.1, -0.05) is 6.07 Å². The second-order valence-corrected chi connectivity index (χ2v) is 5.01. The molecule has 17 heavy (non-hydrogen) atoms. The van der Waals surface area contributed by atoms with E-state index < -0.39 is 0 Å². The Balaban J connectivity index is 2.07. The van der Waals surface area contributed by atoms with Crippen molar-refractivity contribution in [1.82, 2.24) is 4.98 Å². The molecule has 3 nitrogen and oxygen atoms in total. The molecule has 0 radical (unpaired) electrons. The standard InChI is InChI=1S/C13H13NO2S/c1-9-3-5-12(17-9)11(15)7-10-4-6-13(16-2)14-8-10/h3-6,8H,7H2,1-2H3. The summed E-state index contributed by atoms with van der Waals surface area (Å²) >= 11 is 1.53. The highest BCUT2D eigenvalue weighted by Gasteiger charge is 2.09. The van der Waals surface area contributed by atoms with Gasteiger partial charge in [-0.3, -0.25) is 4.79 Å². The van der Waals surface area contributed by atoms with E-state index in [1.165, 1.54) is 11.3 Å². The predicted molar refractivity (Wildman–Crippen MR) is 67.9 cm³/mol. The van der Waals surface area contributed by atoms with Crippen LogP contribution in [0.1, 0.15) is 20.1 Å². The van der Waals surface area contributed by atoms with Crippen LogP contribution in [0.2, 0.25) is 0 Å². The highest BCUT2D eigenvalue weighted by atomic mass is 32.1. The number of nitrogens with zero attached hydrogens (tertiary/aromatic N) is 1. The monoisotopic (exact) mass is 247 g/mol. The lowest BCUT2D eigenvalue weighted by Gasteiger charge is -2.01. The molecule has 2 aromatic heterocycles. The molecule has 0 saturated heterocycles. The summed E-state index contributed by atoms with van der Waals surface area (Å²) in [6.07, 6.45) is 2.06. The average molecular weight is 247 g/mol. The number of ether oxygens (including phenoxy) is 1. The Morgan fingerprint density at radius 1 is 1.35 bits per heavy atom. The van der Waals surface area contributed by atoms with E-state index in [2.05, 4.69) is 4.98 Å². The van der Waals surface area contributed by atoms with E-state index in [4.69, 9.17) is 4.74 Å². The zero-order valence-electron chi connectivity index (χ0n) is 9.77. The number of carbonyl (C=O) groups excluding carboxylic acids is 1. The van der Waals surface area contributed by atoms with Gasteiger partial charge < -0.3 is 4.74 Å². The van der Waals surface area contributed by atoms with Crippen LogP contribution in [-0.4, -0.2) is 17.9 Å². The van der Waals surface area contributed by atoms with Gasteiger partial charge in [0.2, 0.25) is 5.88 Å². The number of thiophene rings is 1. The number of carbonyl (C=O) groups is 1. The topological polar surface area (TPSA) is 39.2 Å². The van der Waals surface area contributed by atoms with Crippen LogP contribution in [0.25, 0.3) is 0 Å². The molecule has 4 heteroatoms. The normalized spacial score (nSPS) is 10.2. The molecule has 0 amide bonds. The van der Waals surface area contributed by atoms with Crippen LogP contribution in [-0.2, 0) is 6.42 Å². The first-order valence-electron chi connectivity index (χ1n) is 5.27. The van der Waals surface area contributed by atoms with E-state index >= 15 is 0 Å². The van der Waals surface area contributed by atoms with E-state index in [9.17, 15) is 4.79 Å². The van der Waals surface area contributed by atoms with Crippen molar-refractivity contribution < 1.29 is 9.53 Å². The maximum absolute atomic E-state index is 11.9. The summed E-state index contributed by atoms with van der Waals surface area (Å²) in [5.41, 5.74) is 0.904. The molecule has 2 rings (SSSR count). The van der Waals surface area contributed by atoms with Gasteiger partial charge in [0.25, 0.3) is 0 Å². The lowest BCUT2D eigenvalue weighted by atomic mass is 10.1. The van der Waals surface area contributed by atoms with Crippen molar-refractivity contribution in [3.05, 3.63) is 45.8 Å². The second-order valence-electron chi connectivity index (χ2n) is 3.72. The maximum atomic E-state index is 11.9. The van der Waals surface area contributed by atoms with Crippen LogP contribution in [0.4, 0.5) is 0 Å². The van der Waals surface area contributed by atoms with Gasteiger partial charge in [0.15, 0.2) is 5.78 Å². The van der Waals surface area contributed by atoms with Gasteiger partial charge in [0.05, 0.1) is 12.0 Å². The van der Waals surface area contributed by atoms with E-state index in [1.54, 1.807) is 19.4 Å². The number of rotatable bonds is 4. The van der Waals surface area contributed by atoms with Crippen LogP contribution >= 0.6 is 11.3 Å². The first-order valence-corrected chi connectivity index (χ1v) is 6.09. The van der Waals surface area contributed by atoms with Gasteiger partial charge in [-0.05, 0) is 24.6 Å². The fourth-order valence-electron chi connectivity index (χ4n) is 1.49. The van der Waals surface area contributed by atoms with Crippen molar-refractivity contribution in [3.8, 4) is 5.88 Å². The fraction of sp³-hybridized carbons (Fsp3) is 0.231. The van der Waals surface area contributed by atoms with Gasteiger partial charge in [0, 0.05) is 23.6 Å². The molecule has 0 unspecified atom stereocenters. The predicted octanol–water partition coefficient (Wildman–Crippen LogP) is 2.89. The molecule has 0 aliphatic carbocycles. The zero-order chi connectivity index (χ0) is 12.3. The number of aromatic nitrogens is 1. The second kappa shape index (κ2) is 5.10. The third-order valence-electron chi connectivity index (χ3n) is 2.39. The van der Waals surface area contributed by atoms with Crippen LogP contribution in [0.15, 0.2) is 30.5 Å². The van der Waals surface area contributed by atoms with Gasteiger partial charge in [-0.2, -0.15) is 0 Å². The summed E-state index contributed by atoms with van der Waals surface area (Å²) in [7, 11) is 1.57. The van der Waals surface area contributed by atoms with Crippen LogP contribution in [0.5, 0.6) is 5.88 Å². The summed E-state index contributed by atoms with van der Waals surface area (Å²) in [5.74, 6) is 0.697. The van der Waals surface area contributed by atoms with Crippen molar-refractivity contribution in [2.24, 2.45) is 0 Å². The van der Waals surface area contributed by atoms with Crippen molar-refractivity contribution in [1.29, 1.82) is 0 Å². The molecule has 0 aliphatic heterocycles. The maximum Gasteiger partial charge on any atom is 0.212 e. The number of hydrogen-bond acceptors (Lipinski definition) is 4. The van der Waals surface area contributed by atoms with Crippen LogP contribution in [0.3, 0.4) is 0 Å². The molecule has 2 heterocycles. The van der Waals surface area contributed by atoms with Crippen LogP contribution in [0, 0.1) is 6.92 Å². The third-order valence-corrected chi connectivity index (χ3v) is 3.43. The minimum Gasteiger partial charge on any atom is -0.481 e. The third kappa shape index (κ3) is 2.91. The molecule has 0 atom stereocenters. The number of ketones is 1. The fourth-order valence-corrected chi connectivity index (χ4v) is 2.30. The molecule has 0 saturated carbocycles. The Hall–Kier alpha value is -1.68. The molecule has 88 valence electrons. The molecular weight excluding hydrogens is 234 g/mol. The van der Waals surface area contributed by atoms with Crippen molar-refractivity contribution >= 4 is 17.1 Å². The number of hydrogen-bond donors (Lipinski definition) is 0. The van der Waals surface area contributed by atoms with Crippen molar-refractivity contribution in [2.75, 3.05) is 7.11 Å².